The number of H-pyrrole nitrogens is 1. The van der Waals surface area contributed by atoms with Crippen molar-refractivity contribution in [2.24, 2.45) is 0 Å². The number of carbonyl (C=O) groups is 1. The van der Waals surface area contributed by atoms with Crippen molar-refractivity contribution in [1.82, 2.24) is 9.55 Å². The highest BCUT2D eigenvalue weighted by Crippen LogP contribution is 2.44. The summed E-state index contributed by atoms with van der Waals surface area (Å²) in [4.78, 5) is 39.1. The quantitative estimate of drug-likeness (QED) is 0.300. The average molecular weight is 581 g/mol. The molecule has 6 rings (SSSR count). The zero-order valence-corrected chi connectivity index (χ0v) is 23.0. The molecule has 0 bridgehead atoms. The molecular weight excluding hydrogens is 548 g/mol. The number of hydrogen-bond donors (Lipinski definition) is 2. The number of nitrogens with zero attached hydrogens (tertiary/aromatic N) is 1. The molecule has 42 heavy (non-hydrogen) atoms. The number of aliphatic hydroxyl groups excluding tert-OH is 1. The van der Waals surface area contributed by atoms with Crippen LogP contribution < -0.4 is 11.2 Å². The van der Waals surface area contributed by atoms with Crippen LogP contribution in [-0.2, 0) is 28.4 Å². The third kappa shape index (κ3) is 5.39. The maximum atomic E-state index is 12.7. The Hall–Kier alpha value is -3.81. The first-order valence-electron chi connectivity index (χ1n) is 13.8. The highest BCUT2D eigenvalue weighted by molar-refractivity contribution is 5.78. The third-order valence-corrected chi connectivity index (χ3v) is 8.11. The van der Waals surface area contributed by atoms with E-state index in [0.29, 0.717) is 26.1 Å². The lowest BCUT2D eigenvalue weighted by Gasteiger charge is -2.39. The van der Waals surface area contributed by atoms with Crippen LogP contribution >= 0.6 is 0 Å². The van der Waals surface area contributed by atoms with E-state index < -0.39 is 47.7 Å². The van der Waals surface area contributed by atoms with Gasteiger partial charge in [0.25, 0.3) is 5.56 Å². The lowest BCUT2D eigenvalue weighted by atomic mass is 9.98. The van der Waals surface area contributed by atoms with Gasteiger partial charge >= 0.3 is 11.8 Å². The zero-order chi connectivity index (χ0) is 29.3. The summed E-state index contributed by atoms with van der Waals surface area (Å²) >= 11 is 0. The molecule has 0 saturated carbocycles. The van der Waals surface area contributed by atoms with Gasteiger partial charge in [-0.1, -0.05) is 48.5 Å². The van der Waals surface area contributed by atoms with Gasteiger partial charge in [0.2, 0.25) is 0 Å². The van der Waals surface area contributed by atoms with Crippen molar-refractivity contribution < 1.29 is 38.3 Å². The van der Waals surface area contributed by atoms with Gasteiger partial charge in [-0.15, -0.1) is 0 Å². The molecule has 0 amide bonds. The van der Waals surface area contributed by atoms with Crippen molar-refractivity contribution in [3.05, 3.63) is 92.8 Å². The minimum Gasteiger partial charge on any atom is -0.433 e. The van der Waals surface area contributed by atoms with E-state index in [1.807, 2.05) is 48.5 Å². The van der Waals surface area contributed by atoms with Gasteiger partial charge in [-0.2, -0.15) is 0 Å². The predicted octanol–water partition coefficient (Wildman–Crippen LogP) is 2.30. The maximum absolute atomic E-state index is 12.7. The number of aliphatic hydroxyl groups is 1. The SMILES string of the molecule is COC1(O[C@@H]2[C@H](O)[C@@H](COC(=O)OCC3c4ccccc4-c4ccccc43)O[C@H]2n2ccc(=O)[nH]c2=O)CCOCC1. The Morgan fingerprint density at radius 2 is 1.64 bits per heavy atom. The summed E-state index contributed by atoms with van der Waals surface area (Å²) in [6, 6.07) is 17.1. The van der Waals surface area contributed by atoms with E-state index in [-0.39, 0.29) is 19.1 Å². The molecule has 3 heterocycles. The van der Waals surface area contributed by atoms with Crippen molar-refractivity contribution >= 4 is 6.16 Å². The number of aromatic nitrogens is 2. The van der Waals surface area contributed by atoms with Gasteiger partial charge in [0.05, 0.1) is 13.2 Å². The van der Waals surface area contributed by atoms with Crippen LogP contribution in [0, 0.1) is 0 Å². The first-order chi connectivity index (χ1) is 20.4. The van der Waals surface area contributed by atoms with Gasteiger partial charge in [0, 0.05) is 38.1 Å². The van der Waals surface area contributed by atoms with Crippen LogP contribution in [0.5, 0.6) is 0 Å². The van der Waals surface area contributed by atoms with Gasteiger partial charge in [0.1, 0.15) is 31.5 Å². The second-order valence-corrected chi connectivity index (χ2v) is 10.5. The zero-order valence-electron chi connectivity index (χ0n) is 23.0. The maximum Gasteiger partial charge on any atom is 0.508 e. The number of aromatic amines is 1. The molecule has 1 aromatic heterocycles. The number of fused-ring (bicyclic) bond motifs is 3. The van der Waals surface area contributed by atoms with Crippen molar-refractivity contribution in [2.75, 3.05) is 33.5 Å². The normalized spacial score (nSPS) is 24.6. The van der Waals surface area contributed by atoms with Crippen molar-refractivity contribution in [2.45, 2.75) is 49.1 Å². The predicted molar refractivity (Wildman–Crippen MR) is 147 cm³/mol. The van der Waals surface area contributed by atoms with E-state index in [1.54, 1.807) is 0 Å². The van der Waals surface area contributed by atoms with E-state index in [2.05, 4.69) is 4.98 Å². The summed E-state index contributed by atoms with van der Waals surface area (Å²) in [6.45, 7) is 0.472. The van der Waals surface area contributed by atoms with Crippen LogP contribution in [0.2, 0.25) is 0 Å². The van der Waals surface area contributed by atoms with Crippen molar-refractivity contribution in [3.8, 4) is 11.1 Å². The molecule has 1 aliphatic carbocycles. The summed E-state index contributed by atoms with van der Waals surface area (Å²) < 4.78 is 35.3. The number of methoxy groups -OCH3 is 1. The van der Waals surface area contributed by atoms with Gasteiger partial charge in [-0.3, -0.25) is 14.3 Å². The molecule has 12 heteroatoms. The second kappa shape index (κ2) is 11.8. The highest BCUT2D eigenvalue weighted by atomic mass is 16.7. The van der Waals surface area contributed by atoms with E-state index in [9.17, 15) is 19.5 Å². The number of benzene rings is 2. The number of nitrogens with one attached hydrogen (secondary N) is 1. The van der Waals surface area contributed by atoms with Crippen LogP contribution in [-0.4, -0.2) is 78.4 Å². The second-order valence-electron chi connectivity index (χ2n) is 10.5. The first-order valence-corrected chi connectivity index (χ1v) is 13.8. The number of carbonyl (C=O) groups excluding carboxylic acids is 1. The van der Waals surface area contributed by atoms with E-state index in [4.69, 9.17) is 28.4 Å². The summed E-state index contributed by atoms with van der Waals surface area (Å²) in [5.41, 5.74) is 3.01. The molecule has 0 unspecified atom stereocenters. The minimum absolute atomic E-state index is 0.0699. The molecule has 4 atom stereocenters. The number of hydrogen-bond acceptors (Lipinski definition) is 10. The largest absolute Gasteiger partial charge is 0.508 e. The average Bonchev–Trinajstić information content (AvgIpc) is 3.49. The van der Waals surface area contributed by atoms with E-state index in [1.165, 1.54) is 13.3 Å². The van der Waals surface area contributed by atoms with Crippen LogP contribution in [0.4, 0.5) is 4.79 Å². The monoisotopic (exact) mass is 580 g/mol. The molecule has 12 nitrogen and oxygen atoms in total. The summed E-state index contributed by atoms with van der Waals surface area (Å²) in [7, 11) is 1.49. The molecule has 2 saturated heterocycles. The van der Waals surface area contributed by atoms with Crippen LogP contribution in [0.3, 0.4) is 0 Å². The molecule has 0 radical (unpaired) electrons. The Morgan fingerprint density at radius 1 is 1.00 bits per heavy atom. The number of ether oxygens (including phenoxy) is 6. The molecule has 222 valence electrons. The smallest absolute Gasteiger partial charge is 0.433 e. The summed E-state index contributed by atoms with van der Waals surface area (Å²) in [5, 5.41) is 11.2. The van der Waals surface area contributed by atoms with Crippen LogP contribution in [0.15, 0.2) is 70.4 Å². The Kier molecular flexibility index (Phi) is 7.97. The summed E-state index contributed by atoms with van der Waals surface area (Å²) in [5.74, 6) is -1.22. The molecule has 3 aromatic rings. The molecule has 3 aliphatic rings. The molecule has 0 spiro atoms. The summed E-state index contributed by atoms with van der Waals surface area (Å²) in [6.07, 6.45) is -3.50. The Morgan fingerprint density at radius 3 is 2.29 bits per heavy atom. The molecular formula is C30H32N2O10. The van der Waals surface area contributed by atoms with Gasteiger partial charge < -0.3 is 33.5 Å². The Labute approximate surface area is 240 Å². The fraction of sp³-hybridized carbons (Fsp3) is 0.433. The Bertz CT molecular complexity index is 1500. The van der Waals surface area contributed by atoms with Gasteiger partial charge in [-0.05, 0) is 22.3 Å². The third-order valence-electron chi connectivity index (χ3n) is 8.11. The van der Waals surface area contributed by atoms with Crippen LogP contribution in [0.1, 0.15) is 36.1 Å². The van der Waals surface area contributed by atoms with Gasteiger partial charge in [-0.25, -0.2) is 9.59 Å². The van der Waals surface area contributed by atoms with Crippen LogP contribution in [0.25, 0.3) is 11.1 Å². The van der Waals surface area contributed by atoms with E-state index >= 15 is 0 Å². The Balaban J connectivity index is 1.14. The van der Waals surface area contributed by atoms with Crippen molar-refractivity contribution in [1.29, 1.82) is 0 Å². The standard InChI is InChI=1S/C30H32N2O10/c1-37-30(11-14-38-15-12-30)42-26-25(34)23(41-27(26)32-13-10-24(33)31-28(32)35)17-40-29(36)39-16-22-20-8-4-2-6-18(20)19-7-3-5-9-21(19)22/h2-10,13,22-23,25-27,34H,11-12,14-17H2,1H3,(H,31,33,35)/t23-,25-,26-,27-/m1/s1. The lowest BCUT2D eigenvalue weighted by molar-refractivity contribution is -0.293. The molecule has 2 aliphatic heterocycles. The first kappa shape index (κ1) is 28.3. The minimum atomic E-state index is -1.31. The van der Waals surface area contributed by atoms with E-state index in [0.717, 1.165) is 32.9 Å². The topological polar surface area (TPSA) is 148 Å². The molecule has 2 N–H and O–H groups in total. The fourth-order valence-corrected chi connectivity index (χ4v) is 5.92. The lowest BCUT2D eigenvalue weighted by Crippen LogP contribution is -2.49. The van der Waals surface area contributed by atoms with Gasteiger partial charge in [0.15, 0.2) is 12.0 Å². The molecule has 2 aromatic carbocycles. The highest BCUT2D eigenvalue weighted by Gasteiger charge is 2.51. The fourth-order valence-electron chi connectivity index (χ4n) is 5.92. The number of rotatable bonds is 8. The molecule has 2 fully saturated rings. The van der Waals surface area contributed by atoms with Crippen molar-refractivity contribution in [3.63, 3.8) is 0 Å².